The molecule has 0 aliphatic rings. The van der Waals surface area contributed by atoms with Gasteiger partial charge in [0.05, 0.1) is 11.6 Å². The van der Waals surface area contributed by atoms with Gasteiger partial charge in [-0.1, -0.05) is 78.5 Å². The van der Waals surface area contributed by atoms with Gasteiger partial charge in [0, 0.05) is 0 Å². The third kappa shape index (κ3) is 11.5. The lowest BCUT2D eigenvalue weighted by Gasteiger charge is -2.05. The Kier molecular flexibility index (Phi) is 15.6. The average molecular weight is 261 g/mol. The number of hydrogen-bond acceptors (Lipinski definition) is 1. The van der Waals surface area contributed by atoms with E-state index >= 15 is 0 Å². The van der Waals surface area contributed by atoms with E-state index in [1.807, 2.05) is 45.0 Å². The lowest BCUT2D eigenvalue weighted by atomic mass is 10.0. The highest BCUT2D eigenvalue weighted by Gasteiger charge is 1.95. The van der Waals surface area contributed by atoms with E-state index in [4.69, 9.17) is 5.26 Å². The Morgan fingerprint density at radius 3 is 1.84 bits per heavy atom. The molecule has 0 aliphatic carbocycles. The Bertz CT molecular complexity index is 330. The number of nitriles is 1. The molecule has 0 bridgehead atoms. The predicted molar refractivity (Wildman–Crippen MR) is 86.2 cm³/mol. The number of aryl methyl sites for hydroxylation is 1. The van der Waals surface area contributed by atoms with Gasteiger partial charge < -0.3 is 0 Å². The largest absolute Gasteiger partial charge is 0.192 e. The fourth-order valence-electron chi connectivity index (χ4n) is 1.83. The summed E-state index contributed by atoms with van der Waals surface area (Å²) in [5.74, 6) is 0.963. The molecule has 0 N–H and O–H groups in total. The Morgan fingerprint density at radius 1 is 1.05 bits per heavy atom. The van der Waals surface area contributed by atoms with Crippen LogP contribution >= 0.6 is 0 Å². The van der Waals surface area contributed by atoms with Crippen molar-refractivity contribution in [3.05, 3.63) is 35.4 Å². The van der Waals surface area contributed by atoms with Crippen molar-refractivity contribution < 1.29 is 0 Å². The molecule has 0 unspecified atom stereocenters. The zero-order chi connectivity index (χ0) is 15.1. The quantitative estimate of drug-likeness (QED) is 0.641. The van der Waals surface area contributed by atoms with Gasteiger partial charge in [0.2, 0.25) is 0 Å². The molecule has 19 heavy (non-hydrogen) atoms. The molecule has 0 heterocycles. The van der Waals surface area contributed by atoms with Crippen molar-refractivity contribution in [1.29, 1.82) is 5.26 Å². The van der Waals surface area contributed by atoms with Gasteiger partial charge in [0.25, 0.3) is 0 Å². The van der Waals surface area contributed by atoms with Crippen LogP contribution in [0.2, 0.25) is 0 Å². The SMILES string of the molecule is CC.CCCC(C)CCC.Cc1ccccc1C#N. The second kappa shape index (κ2) is 14.8. The van der Waals surface area contributed by atoms with E-state index in [2.05, 4.69) is 26.8 Å². The molecule has 0 saturated carbocycles. The van der Waals surface area contributed by atoms with Crippen molar-refractivity contribution in [1.82, 2.24) is 0 Å². The maximum Gasteiger partial charge on any atom is 0.0994 e. The molecule has 0 radical (unpaired) electrons. The summed E-state index contributed by atoms with van der Waals surface area (Å²) in [5.41, 5.74) is 1.80. The van der Waals surface area contributed by atoms with E-state index in [0.29, 0.717) is 0 Å². The molecule has 0 fully saturated rings. The van der Waals surface area contributed by atoms with Crippen molar-refractivity contribution >= 4 is 0 Å². The maximum absolute atomic E-state index is 8.47. The van der Waals surface area contributed by atoms with Crippen LogP contribution in [0.25, 0.3) is 0 Å². The van der Waals surface area contributed by atoms with Crippen molar-refractivity contribution in [3.63, 3.8) is 0 Å². The third-order valence-electron chi connectivity index (χ3n) is 2.83. The van der Waals surface area contributed by atoms with Gasteiger partial charge in [-0.25, -0.2) is 0 Å². The summed E-state index contributed by atoms with van der Waals surface area (Å²) in [6.45, 7) is 12.8. The first kappa shape index (κ1) is 20.0. The molecule has 0 aliphatic heterocycles. The number of hydrogen-bond donors (Lipinski definition) is 0. The molecule has 1 aromatic carbocycles. The van der Waals surface area contributed by atoms with Gasteiger partial charge in [-0.2, -0.15) is 5.26 Å². The normalized spacial score (nSPS) is 8.74. The summed E-state index contributed by atoms with van der Waals surface area (Å²) >= 11 is 0. The van der Waals surface area contributed by atoms with E-state index in [-0.39, 0.29) is 0 Å². The lowest BCUT2D eigenvalue weighted by molar-refractivity contribution is 0.480. The van der Waals surface area contributed by atoms with E-state index in [0.717, 1.165) is 17.0 Å². The van der Waals surface area contributed by atoms with E-state index in [9.17, 15) is 0 Å². The Morgan fingerprint density at radius 2 is 1.53 bits per heavy atom. The fourth-order valence-corrected chi connectivity index (χ4v) is 1.83. The number of rotatable bonds is 4. The highest BCUT2D eigenvalue weighted by atomic mass is 14.2. The standard InChI is InChI=1S/C8H7N.C8H18.C2H6/c1-7-4-2-3-5-8(7)6-9;1-4-6-8(3)7-5-2;1-2/h2-5H,1H3;8H,4-7H2,1-3H3;1-2H3. The van der Waals surface area contributed by atoms with E-state index in [1.165, 1.54) is 25.7 Å². The summed E-state index contributed by atoms with van der Waals surface area (Å²) in [5, 5.41) is 8.47. The zero-order valence-corrected chi connectivity index (χ0v) is 13.7. The number of benzene rings is 1. The van der Waals surface area contributed by atoms with E-state index < -0.39 is 0 Å². The topological polar surface area (TPSA) is 23.8 Å². The van der Waals surface area contributed by atoms with Gasteiger partial charge in [0.1, 0.15) is 0 Å². The Labute approximate surface area is 120 Å². The molecule has 108 valence electrons. The van der Waals surface area contributed by atoms with Gasteiger partial charge in [-0.3, -0.25) is 0 Å². The third-order valence-corrected chi connectivity index (χ3v) is 2.83. The van der Waals surface area contributed by atoms with Crippen molar-refractivity contribution in [3.8, 4) is 6.07 Å². The molecular weight excluding hydrogens is 230 g/mol. The average Bonchev–Trinajstić information content (AvgIpc) is 2.43. The fraction of sp³-hybridized carbons (Fsp3) is 0.611. The molecule has 1 aromatic rings. The first-order chi connectivity index (χ1) is 9.15. The first-order valence-electron chi connectivity index (χ1n) is 7.61. The Hall–Kier alpha value is -1.29. The molecule has 1 rings (SSSR count). The second-order valence-electron chi connectivity index (χ2n) is 4.61. The van der Waals surface area contributed by atoms with Crippen LogP contribution in [0.3, 0.4) is 0 Å². The molecule has 0 atom stereocenters. The minimum absolute atomic E-state index is 0.762. The predicted octanol–water partition coefficient (Wildman–Crippen LogP) is 6.12. The summed E-state index contributed by atoms with van der Waals surface area (Å²) in [6, 6.07) is 9.63. The van der Waals surface area contributed by atoms with Crippen LogP contribution in [-0.4, -0.2) is 0 Å². The van der Waals surface area contributed by atoms with Crippen molar-refractivity contribution in [2.75, 3.05) is 0 Å². The van der Waals surface area contributed by atoms with Crippen LogP contribution in [0.5, 0.6) is 0 Å². The van der Waals surface area contributed by atoms with Crippen LogP contribution in [-0.2, 0) is 0 Å². The molecular formula is C18H31N. The van der Waals surface area contributed by atoms with Crippen LogP contribution in [0, 0.1) is 24.2 Å². The highest BCUT2D eigenvalue weighted by Crippen LogP contribution is 2.10. The van der Waals surface area contributed by atoms with Crippen LogP contribution < -0.4 is 0 Å². The number of nitrogens with zero attached hydrogens (tertiary/aromatic N) is 1. The first-order valence-corrected chi connectivity index (χ1v) is 7.61. The zero-order valence-electron chi connectivity index (χ0n) is 13.7. The maximum atomic E-state index is 8.47. The van der Waals surface area contributed by atoms with Gasteiger partial charge in [0.15, 0.2) is 0 Å². The highest BCUT2D eigenvalue weighted by molar-refractivity contribution is 5.35. The summed E-state index contributed by atoms with van der Waals surface area (Å²) < 4.78 is 0. The molecule has 1 heteroatoms. The smallest absolute Gasteiger partial charge is 0.0994 e. The summed E-state index contributed by atoms with van der Waals surface area (Å²) in [7, 11) is 0. The summed E-state index contributed by atoms with van der Waals surface area (Å²) in [4.78, 5) is 0. The van der Waals surface area contributed by atoms with Crippen LogP contribution in [0.1, 0.15) is 71.4 Å². The van der Waals surface area contributed by atoms with Crippen LogP contribution in [0.15, 0.2) is 24.3 Å². The molecule has 0 aromatic heterocycles. The van der Waals surface area contributed by atoms with Gasteiger partial charge >= 0.3 is 0 Å². The van der Waals surface area contributed by atoms with Crippen molar-refractivity contribution in [2.24, 2.45) is 5.92 Å². The lowest BCUT2D eigenvalue weighted by Crippen LogP contribution is -1.91. The van der Waals surface area contributed by atoms with Crippen LogP contribution in [0.4, 0.5) is 0 Å². The molecule has 1 nitrogen and oxygen atoms in total. The molecule has 0 spiro atoms. The second-order valence-corrected chi connectivity index (χ2v) is 4.61. The molecule has 0 amide bonds. The minimum atomic E-state index is 0.762. The Balaban J connectivity index is 0. The van der Waals surface area contributed by atoms with Gasteiger partial charge in [-0.15, -0.1) is 0 Å². The van der Waals surface area contributed by atoms with E-state index in [1.54, 1.807) is 0 Å². The minimum Gasteiger partial charge on any atom is -0.192 e. The molecule has 0 saturated heterocycles. The monoisotopic (exact) mass is 261 g/mol. The van der Waals surface area contributed by atoms with Crippen molar-refractivity contribution in [2.45, 2.75) is 67.2 Å². The van der Waals surface area contributed by atoms with Gasteiger partial charge in [-0.05, 0) is 24.5 Å². The summed E-state index contributed by atoms with van der Waals surface area (Å²) in [6.07, 6.45) is 5.52.